The zero-order valence-corrected chi connectivity index (χ0v) is 13.7. The number of rotatable bonds is 3. The molecular weight excluding hydrogens is 244 g/mol. The van der Waals surface area contributed by atoms with Gasteiger partial charge in [0.2, 0.25) is 0 Å². The lowest BCUT2D eigenvalue weighted by Gasteiger charge is -2.51. The summed E-state index contributed by atoms with van der Waals surface area (Å²) in [6, 6.07) is 11.5. The van der Waals surface area contributed by atoms with Crippen LogP contribution in [0, 0.1) is 5.41 Å². The topological polar surface area (TPSA) is 15.3 Å². The van der Waals surface area contributed by atoms with Crippen LogP contribution in [0.15, 0.2) is 30.3 Å². The summed E-state index contributed by atoms with van der Waals surface area (Å²) in [7, 11) is 0. The van der Waals surface area contributed by atoms with Crippen LogP contribution in [0.2, 0.25) is 0 Å². The van der Waals surface area contributed by atoms with Gasteiger partial charge in [0.15, 0.2) is 0 Å². The van der Waals surface area contributed by atoms with Gasteiger partial charge < -0.3 is 5.32 Å². The number of nitrogens with one attached hydrogen (secondary N) is 1. The average molecular weight is 274 g/mol. The predicted octanol–water partition coefficient (Wildman–Crippen LogP) is 3.63. The first-order valence-corrected chi connectivity index (χ1v) is 7.91. The van der Waals surface area contributed by atoms with Crippen molar-refractivity contribution in [3.8, 4) is 0 Å². The third kappa shape index (κ3) is 3.24. The van der Waals surface area contributed by atoms with E-state index in [1.54, 1.807) is 0 Å². The minimum absolute atomic E-state index is 0.0676. The summed E-state index contributed by atoms with van der Waals surface area (Å²) in [6.45, 7) is 15.0. The molecule has 1 saturated heterocycles. The van der Waals surface area contributed by atoms with Gasteiger partial charge in [0.1, 0.15) is 0 Å². The zero-order chi connectivity index (χ0) is 14.8. The maximum atomic E-state index is 3.82. The molecule has 2 heteroatoms. The van der Waals surface area contributed by atoms with Gasteiger partial charge in [-0.05, 0) is 30.9 Å². The van der Waals surface area contributed by atoms with Crippen LogP contribution in [0.3, 0.4) is 0 Å². The zero-order valence-electron chi connectivity index (χ0n) is 13.7. The summed E-state index contributed by atoms with van der Waals surface area (Å²) in [5.41, 5.74) is 1.78. The molecule has 1 aromatic rings. The molecule has 1 aliphatic rings. The van der Waals surface area contributed by atoms with Crippen LogP contribution in [0.5, 0.6) is 0 Å². The molecule has 0 saturated carbocycles. The predicted molar refractivity (Wildman–Crippen MR) is 86.9 cm³/mol. The lowest BCUT2D eigenvalue weighted by atomic mass is 9.80. The van der Waals surface area contributed by atoms with E-state index in [9.17, 15) is 0 Å². The van der Waals surface area contributed by atoms with Crippen molar-refractivity contribution >= 4 is 0 Å². The number of hydrogen-bond acceptors (Lipinski definition) is 2. The first-order chi connectivity index (χ1) is 9.37. The Morgan fingerprint density at radius 2 is 1.90 bits per heavy atom. The average Bonchev–Trinajstić information content (AvgIpc) is 2.39. The van der Waals surface area contributed by atoms with E-state index in [4.69, 9.17) is 0 Å². The summed E-state index contributed by atoms with van der Waals surface area (Å²) < 4.78 is 0. The fourth-order valence-corrected chi connectivity index (χ4v) is 3.40. The molecule has 1 aromatic carbocycles. The van der Waals surface area contributed by atoms with E-state index in [1.165, 1.54) is 18.5 Å². The third-order valence-electron chi connectivity index (χ3n) is 4.57. The van der Waals surface area contributed by atoms with Crippen molar-refractivity contribution in [1.82, 2.24) is 10.2 Å². The Labute approximate surface area is 124 Å². The van der Waals surface area contributed by atoms with Crippen molar-refractivity contribution in [1.29, 1.82) is 0 Å². The molecule has 1 heterocycles. The highest BCUT2D eigenvalue weighted by Gasteiger charge is 2.40. The molecule has 0 amide bonds. The second-order valence-corrected chi connectivity index (χ2v) is 7.43. The second kappa shape index (κ2) is 5.87. The Morgan fingerprint density at radius 3 is 2.45 bits per heavy atom. The molecule has 2 atom stereocenters. The quantitative estimate of drug-likeness (QED) is 0.905. The van der Waals surface area contributed by atoms with E-state index >= 15 is 0 Å². The van der Waals surface area contributed by atoms with Gasteiger partial charge in [0.25, 0.3) is 0 Å². The molecule has 112 valence electrons. The summed E-state index contributed by atoms with van der Waals surface area (Å²) in [6.07, 6.45) is 1.22. The van der Waals surface area contributed by atoms with Crippen molar-refractivity contribution in [2.45, 2.75) is 52.6 Å². The van der Waals surface area contributed by atoms with Gasteiger partial charge in [-0.25, -0.2) is 0 Å². The van der Waals surface area contributed by atoms with E-state index in [2.05, 4.69) is 75.2 Å². The van der Waals surface area contributed by atoms with Crippen LogP contribution < -0.4 is 5.32 Å². The highest BCUT2D eigenvalue weighted by molar-refractivity contribution is 5.25. The maximum Gasteiger partial charge on any atom is 0.0535 e. The molecule has 0 radical (unpaired) electrons. The Bertz CT molecular complexity index is 421. The van der Waals surface area contributed by atoms with Gasteiger partial charge in [-0.1, -0.05) is 58.0 Å². The molecule has 0 spiro atoms. The monoisotopic (exact) mass is 274 g/mol. The van der Waals surface area contributed by atoms with E-state index in [0.29, 0.717) is 11.5 Å². The fraction of sp³-hybridized carbons (Fsp3) is 0.667. The van der Waals surface area contributed by atoms with Gasteiger partial charge in [-0.2, -0.15) is 0 Å². The molecule has 20 heavy (non-hydrogen) atoms. The normalized spacial score (nSPS) is 28.6. The molecule has 1 N–H and O–H groups in total. The van der Waals surface area contributed by atoms with Crippen LogP contribution in [-0.2, 0) is 5.54 Å². The van der Waals surface area contributed by atoms with Gasteiger partial charge in [-0.3, -0.25) is 4.90 Å². The molecule has 0 aromatic heterocycles. The number of hydrogen-bond donors (Lipinski definition) is 1. The Morgan fingerprint density at radius 1 is 1.25 bits per heavy atom. The molecule has 1 aliphatic heterocycles. The third-order valence-corrected chi connectivity index (χ3v) is 4.57. The minimum Gasteiger partial charge on any atom is -0.305 e. The molecule has 0 bridgehead atoms. The lowest BCUT2D eigenvalue weighted by Crippen LogP contribution is -2.64. The van der Waals surface area contributed by atoms with Crippen LogP contribution in [0.25, 0.3) is 0 Å². The molecular formula is C18H30N2. The van der Waals surface area contributed by atoms with Crippen LogP contribution >= 0.6 is 0 Å². The van der Waals surface area contributed by atoms with E-state index in [0.717, 1.165) is 13.1 Å². The van der Waals surface area contributed by atoms with Gasteiger partial charge in [-0.15, -0.1) is 0 Å². The Hall–Kier alpha value is -0.860. The highest BCUT2D eigenvalue weighted by Crippen LogP contribution is 2.32. The van der Waals surface area contributed by atoms with Gasteiger partial charge in [0.05, 0.1) is 5.54 Å². The molecule has 1 fully saturated rings. The van der Waals surface area contributed by atoms with Gasteiger partial charge >= 0.3 is 0 Å². The van der Waals surface area contributed by atoms with Crippen molar-refractivity contribution in [3.05, 3.63) is 35.9 Å². The molecule has 2 rings (SSSR count). The fourth-order valence-electron chi connectivity index (χ4n) is 3.40. The lowest BCUT2D eigenvalue weighted by molar-refractivity contribution is 0.0265. The van der Waals surface area contributed by atoms with E-state index in [1.807, 2.05) is 0 Å². The molecule has 2 nitrogen and oxygen atoms in total. The Balaban J connectivity index is 2.22. The van der Waals surface area contributed by atoms with Crippen molar-refractivity contribution in [3.63, 3.8) is 0 Å². The van der Waals surface area contributed by atoms with Crippen molar-refractivity contribution in [2.75, 3.05) is 19.6 Å². The highest BCUT2D eigenvalue weighted by atomic mass is 15.3. The maximum absolute atomic E-state index is 3.82. The molecule has 0 aliphatic carbocycles. The van der Waals surface area contributed by atoms with E-state index in [-0.39, 0.29) is 5.54 Å². The largest absolute Gasteiger partial charge is 0.305 e. The van der Waals surface area contributed by atoms with Crippen LogP contribution in [0.1, 0.15) is 46.6 Å². The van der Waals surface area contributed by atoms with E-state index < -0.39 is 0 Å². The SMILES string of the molecule is CCCN1CC(C)(c2ccccc2)NCC1C(C)(C)C. The first kappa shape index (κ1) is 15.5. The first-order valence-electron chi connectivity index (χ1n) is 7.91. The van der Waals surface area contributed by atoms with Crippen LogP contribution in [0.4, 0.5) is 0 Å². The summed E-state index contributed by atoms with van der Waals surface area (Å²) in [5, 5.41) is 3.82. The summed E-state index contributed by atoms with van der Waals surface area (Å²) in [5.74, 6) is 0. The Kier molecular flexibility index (Phi) is 4.55. The summed E-state index contributed by atoms with van der Waals surface area (Å²) in [4.78, 5) is 2.68. The summed E-state index contributed by atoms with van der Waals surface area (Å²) >= 11 is 0. The van der Waals surface area contributed by atoms with Crippen LogP contribution in [-0.4, -0.2) is 30.6 Å². The number of benzene rings is 1. The second-order valence-electron chi connectivity index (χ2n) is 7.43. The standard InChI is InChI=1S/C18H30N2/c1-6-12-20-14-18(5,15-10-8-7-9-11-15)19-13-16(20)17(2,3)4/h7-11,16,19H,6,12-14H2,1-5H3. The molecule has 2 unspecified atom stereocenters. The smallest absolute Gasteiger partial charge is 0.0535 e. The van der Waals surface area contributed by atoms with Gasteiger partial charge in [0, 0.05) is 19.1 Å². The minimum atomic E-state index is 0.0676. The number of nitrogens with zero attached hydrogens (tertiary/aromatic N) is 1. The van der Waals surface area contributed by atoms with Crippen molar-refractivity contribution in [2.24, 2.45) is 5.41 Å². The number of piperazine rings is 1. The van der Waals surface area contributed by atoms with Crippen molar-refractivity contribution < 1.29 is 0 Å².